The Morgan fingerprint density at radius 1 is 1.07 bits per heavy atom. The van der Waals surface area contributed by atoms with Crippen molar-refractivity contribution in [3.63, 3.8) is 0 Å². The van der Waals surface area contributed by atoms with Crippen LogP contribution in [0.25, 0.3) is 0 Å². The number of halogens is 1. The summed E-state index contributed by atoms with van der Waals surface area (Å²) < 4.78 is 5.33. The van der Waals surface area contributed by atoms with Crippen molar-refractivity contribution in [1.29, 1.82) is 0 Å². The minimum absolute atomic E-state index is 0.0753. The van der Waals surface area contributed by atoms with Gasteiger partial charge in [-0.1, -0.05) is 35.9 Å². The fraction of sp³-hybridized carbons (Fsp3) is 0.286. The van der Waals surface area contributed by atoms with Gasteiger partial charge in [0.2, 0.25) is 0 Å². The smallest absolute Gasteiger partial charge is 0.415 e. The highest BCUT2D eigenvalue weighted by molar-refractivity contribution is 6.33. The molecule has 7 nitrogen and oxygen atoms in total. The van der Waals surface area contributed by atoms with Gasteiger partial charge in [0.1, 0.15) is 11.8 Å². The SMILES string of the molecule is O=C(N[C@@H](Cc1ccc(OC(=O)N2CCCC2)cc1)C(=O)O)c1ccccc1Cl. The second kappa shape index (κ2) is 9.43. The maximum Gasteiger partial charge on any atom is 0.415 e. The molecule has 2 aromatic carbocycles. The van der Waals surface area contributed by atoms with Crippen molar-refractivity contribution in [2.24, 2.45) is 0 Å². The summed E-state index contributed by atoms with van der Waals surface area (Å²) in [6.07, 6.45) is 1.65. The summed E-state index contributed by atoms with van der Waals surface area (Å²) in [7, 11) is 0. The summed E-state index contributed by atoms with van der Waals surface area (Å²) >= 11 is 6.00. The molecule has 1 fully saturated rings. The van der Waals surface area contributed by atoms with Gasteiger partial charge in [-0.25, -0.2) is 9.59 Å². The third kappa shape index (κ3) is 5.48. The quantitative estimate of drug-likeness (QED) is 0.752. The zero-order chi connectivity index (χ0) is 20.8. The van der Waals surface area contributed by atoms with E-state index in [1.165, 1.54) is 6.07 Å². The molecule has 152 valence electrons. The van der Waals surface area contributed by atoms with Crippen LogP contribution in [0.3, 0.4) is 0 Å². The standard InChI is InChI=1S/C21H21ClN2O5/c22-17-6-2-1-5-16(17)19(25)23-18(20(26)27)13-14-7-9-15(10-8-14)29-21(28)24-11-3-4-12-24/h1-2,5-10,18H,3-4,11-13H2,(H,23,25)(H,26,27)/t18-/m0/s1. The van der Waals surface area contributed by atoms with Crippen LogP contribution in [0.5, 0.6) is 5.75 Å². The number of aliphatic carboxylic acids is 1. The first-order chi connectivity index (χ1) is 13.9. The van der Waals surface area contributed by atoms with Gasteiger partial charge in [0.05, 0.1) is 10.6 Å². The summed E-state index contributed by atoms with van der Waals surface area (Å²) in [4.78, 5) is 37.6. The number of carboxylic acids is 1. The molecule has 8 heteroatoms. The molecule has 2 N–H and O–H groups in total. The molecule has 1 heterocycles. The number of likely N-dealkylation sites (tertiary alicyclic amines) is 1. The monoisotopic (exact) mass is 416 g/mol. The van der Waals surface area contributed by atoms with E-state index >= 15 is 0 Å². The molecular formula is C21H21ClN2O5. The molecular weight excluding hydrogens is 396 g/mol. The molecule has 3 rings (SSSR count). The van der Waals surface area contributed by atoms with Crippen LogP contribution >= 0.6 is 11.6 Å². The first kappa shape index (κ1) is 20.7. The van der Waals surface area contributed by atoms with Crippen LogP contribution in [-0.2, 0) is 11.2 Å². The molecule has 0 spiro atoms. The van der Waals surface area contributed by atoms with E-state index < -0.39 is 17.9 Å². The lowest BCUT2D eigenvalue weighted by atomic mass is 10.1. The van der Waals surface area contributed by atoms with Crippen LogP contribution in [0, 0.1) is 0 Å². The lowest BCUT2D eigenvalue weighted by molar-refractivity contribution is -0.139. The van der Waals surface area contributed by atoms with Gasteiger partial charge in [0.25, 0.3) is 5.91 Å². The summed E-state index contributed by atoms with van der Waals surface area (Å²) in [5.74, 6) is -1.33. The van der Waals surface area contributed by atoms with Crippen LogP contribution in [0.1, 0.15) is 28.8 Å². The predicted molar refractivity (Wildman–Crippen MR) is 107 cm³/mol. The maximum atomic E-state index is 12.4. The van der Waals surface area contributed by atoms with E-state index in [9.17, 15) is 19.5 Å². The highest BCUT2D eigenvalue weighted by atomic mass is 35.5. The van der Waals surface area contributed by atoms with Gasteiger partial charge in [0, 0.05) is 19.5 Å². The highest BCUT2D eigenvalue weighted by Gasteiger charge is 2.23. The molecule has 1 saturated heterocycles. The lowest BCUT2D eigenvalue weighted by Crippen LogP contribution is -2.42. The van der Waals surface area contributed by atoms with Crippen molar-refractivity contribution < 1.29 is 24.2 Å². The number of nitrogens with one attached hydrogen (secondary N) is 1. The van der Waals surface area contributed by atoms with Crippen LogP contribution in [-0.4, -0.2) is 47.1 Å². The van der Waals surface area contributed by atoms with Crippen molar-refractivity contribution >= 4 is 29.6 Å². The Balaban J connectivity index is 1.61. The molecule has 0 unspecified atom stereocenters. The van der Waals surface area contributed by atoms with Crippen LogP contribution in [0.2, 0.25) is 5.02 Å². The molecule has 0 bridgehead atoms. The molecule has 2 amide bonds. The van der Waals surface area contributed by atoms with E-state index in [1.807, 2.05) is 0 Å². The van der Waals surface area contributed by atoms with Gasteiger partial charge < -0.3 is 20.1 Å². The fourth-order valence-electron chi connectivity index (χ4n) is 3.08. The maximum absolute atomic E-state index is 12.4. The van der Waals surface area contributed by atoms with Gasteiger partial charge in [-0.3, -0.25) is 4.79 Å². The van der Waals surface area contributed by atoms with Crippen LogP contribution < -0.4 is 10.1 Å². The Morgan fingerprint density at radius 2 is 1.72 bits per heavy atom. The number of benzene rings is 2. The second-order valence-corrected chi connectivity index (χ2v) is 7.16. The van der Waals surface area contributed by atoms with E-state index in [0.29, 0.717) is 24.4 Å². The summed E-state index contributed by atoms with van der Waals surface area (Å²) in [5.41, 5.74) is 0.891. The Kier molecular flexibility index (Phi) is 6.72. The minimum Gasteiger partial charge on any atom is -0.480 e. The van der Waals surface area contributed by atoms with Gasteiger partial charge in [0.15, 0.2) is 0 Å². The largest absolute Gasteiger partial charge is 0.480 e. The van der Waals surface area contributed by atoms with Crippen molar-refractivity contribution in [1.82, 2.24) is 10.2 Å². The van der Waals surface area contributed by atoms with Crippen molar-refractivity contribution in [2.75, 3.05) is 13.1 Å². The van der Waals surface area contributed by atoms with E-state index in [4.69, 9.17) is 16.3 Å². The van der Waals surface area contributed by atoms with Gasteiger partial charge in [-0.05, 0) is 42.7 Å². The first-order valence-corrected chi connectivity index (χ1v) is 9.66. The normalized spacial score (nSPS) is 14.3. The molecule has 1 atom stereocenters. The molecule has 0 radical (unpaired) electrons. The molecule has 29 heavy (non-hydrogen) atoms. The molecule has 1 aliphatic heterocycles. The minimum atomic E-state index is -1.16. The molecule has 2 aromatic rings. The third-order valence-corrected chi connectivity index (χ3v) is 4.98. The molecule has 0 saturated carbocycles. The number of carbonyl (C=O) groups excluding carboxylic acids is 2. The van der Waals surface area contributed by atoms with E-state index in [2.05, 4.69) is 5.32 Å². The van der Waals surface area contributed by atoms with Gasteiger partial charge >= 0.3 is 12.1 Å². The number of carboxylic acid groups (broad SMARTS) is 1. The average Bonchev–Trinajstić information content (AvgIpc) is 3.24. The summed E-state index contributed by atoms with van der Waals surface area (Å²) in [5, 5.41) is 12.2. The number of ether oxygens (including phenoxy) is 1. The van der Waals surface area contributed by atoms with Crippen molar-refractivity contribution in [3.8, 4) is 5.75 Å². The number of carbonyl (C=O) groups is 3. The van der Waals surface area contributed by atoms with Crippen LogP contribution in [0.4, 0.5) is 4.79 Å². The van der Waals surface area contributed by atoms with Crippen molar-refractivity contribution in [2.45, 2.75) is 25.3 Å². The number of rotatable bonds is 6. The topological polar surface area (TPSA) is 95.9 Å². The van der Waals surface area contributed by atoms with E-state index in [-0.39, 0.29) is 23.1 Å². The number of nitrogens with zero attached hydrogens (tertiary/aromatic N) is 1. The summed E-state index contributed by atoms with van der Waals surface area (Å²) in [6.45, 7) is 1.39. The first-order valence-electron chi connectivity index (χ1n) is 9.28. The molecule has 1 aliphatic rings. The van der Waals surface area contributed by atoms with Gasteiger partial charge in [-0.2, -0.15) is 0 Å². The van der Waals surface area contributed by atoms with Gasteiger partial charge in [-0.15, -0.1) is 0 Å². The number of amides is 2. The van der Waals surface area contributed by atoms with E-state index in [1.54, 1.807) is 47.4 Å². The Morgan fingerprint density at radius 3 is 2.34 bits per heavy atom. The Hall–Kier alpha value is -3.06. The predicted octanol–water partition coefficient (Wildman–Crippen LogP) is 3.36. The lowest BCUT2D eigenvalue weighted by Gasteiger charge is -2.16. The summed E-state index contributed by atoms with van der Waals surface area (Å²) in [6, 6.07) is 11.9. The second-order valence-electron chi connectivity index (χ2n) is 6.75. The fourth-order valence-corrected chi connectivity index (χ4v) is 3.30. The molecule has 0 aliphatic carbocycles. The highest BCUT2D eigenvalue weighted by Crippen LogP contribution is 2.18. The van der Waals surface area contributed by atoms with Crippen LogP contribution in [0.15, 0.2) is 48.5 Å². The average molecular weight is 417 g/mol. The number of hydrogen-bond donors (Lipinski definition) is 2. The zero-order valence-electron chi connectivity index (χ0n) is 15.6. The van der Waals surface area contributed by atoms with Crippen molar-refractivity contribution in [3.05, 3.63) is 64.7 Å². The van der Waals surface area contributed by atoms with E-state index in [0.717, 1.165) is 12.8 Å². The molecule has 0 aromatic heterocycles. The third-order valence-electron chi connectivity index (χ3n) is 4.65. The zero-order valence-corrected chi connectivity index (χ0v) is 16.4. The Bertz CT molecular complexity index is 894. The number of hydrogen-bond acceptors (Lipinski definition) is 4. The Labute approximate surface area is 173 Å².